The molecule has 128 valence electrons. The molecule has 8 heteroatoms. The second kappa shape index (κ2) is 7.21. The zero-order valence-electron chi connectivity index (χ0n) is 13.0. The van der Waals surface area contributed by atoms with Gasteiger partial charge in [-0.1, -0.05) is 0 Å². The molecule has 2 fully saturated rings. The van der Waals surface area contributed by atoms with Crippen molar-refractivity contribution >= 4 is 39.7 Å². The van der Waals surface area contributed by atoms with Crippen LogP contribution in [0.3, 0.4) is 0 Å². The Morgan fingerprint density at radius 1 is 1.12 bits per heavy atom. The summed E-state index contributed by atoms with van der Waals surface area (Å²) in [6, 6.07) is 3.67. The predicted molar refractivity (Wildman–Crippen MR) is 89.8 cm³/mol. The number of carbonyl (C=O) groups excluding carboxylic acids is 3. The van der Waals surface area contributed by atoms with Crippen LogP contribution in [-0.2, 0) is 14.4 Å². The van der Waals surface area contributed by atoms with Gasteiger partial charge >= 0.3 is 11.8 Å². The fraction of sp³-hybridized carbons (Fsp3) is 0.438. The van der Waals surface area contributed by atoms with Crippen LogP contribution in [0.15, 0.2) is 27.3 Å². The lowest BCUT2D eigenvalue weighted by Crippen LogP contribution is -2.53. The Bertz CT molecular complexity index is 673. The van der Waals surface area contributed by atoms with E-state index >= 15 is 0 Å². The number of amides is 3. The summed E-state index contributed by atoms with van der Waals surface area (Å²) in [5.74, 6) is -0.608. The number of nitrogens with one attached hydrogen (secondary N) is 1. The quantitative estimate of drug-likeness (QED) is 0.611. The van der Waals surface area contributed by atoms with Crippen molar-refractivity contribution in [3.8, 4) is 0 Å². The zero-order chi connectivity index (χ0) is 17.1. The molecule has 7 nitrogen and oxygen atoms in total. The maximum absolute atomic E-state index is 12.1. The van der Waals surface area contributed by atoms with E-state index in [4.69, 9.17) is 4.42 Å². The number of rotatable bonds is 3. The van der Waals surface area contributed by atoms with Gasteiger partial charge in [0, 0.05) is 38.3 Å². The smallest absolute Gasteiger partial charge is 0.312 e. The van der Waals surface area contributed by atoms with Gasteiger partial charge < -0.3 is 19.5 Å². The number of hydrogen-bond donors (Lipinski definition) is 1. The van der Waals surface area contributed by atoms with E-state index in [0.717, 1.165) is 12.8 Å². The van der Waals surface area contributed by atoms with Gasteiger partial charge in [0.1, 0.15) is 5.76 Å². The summed E-state index contributed by atoms with van der Waals surface area (Å²) in [7, 11) is 0. The van der Waals surface area contributed by atoms with E-state index in [9.17, 15) is 14.4 Å². The van der Waals surface area contributed by atoms with E-state index < -0.39 is 11.8 Å². The highest BCUT2D eigenvalue weighted by molar-refractivity contribution is 9.10. The highest BCUT2D eigenvalue weighted by Crippen LogP contribution is 2.18. The molecule has 24 heavy (non-hydrogen) atoms. The third-order valence-electron chi connectivity index (χ3n) is 3.97. The second-order valence-corrected chi connectivity index (χ2v) is 6.62. The van der Waals surface area contributed by atoms with Crippen LogP contribution in [0, 0.1) is 0 Å². The third-order valence-corrected chi connectivity index (χ3v) is 4.40. The molecule has 0 radical (unpaired) electrons. The number of furan rings is 1. The second-order valence-electron chi connectivity index (χ2n) is 5.84. The van der Waals surface area contributed by atoms with Gasteiger partial charge in [0.05, 0.1) is 0 Å². The van der Waals surface area contributed by atoms with Crippen LogP contribution < -0.4 is 5.32 Å². The average Bonchev–Trinajstić information content (AvgIpc) is 3.31. The van der Waals surface area contributed by atoms with Gasteiger partial charge in [-0.3, -0.25) is 14.4 Å². The average molecular weight is 396 g/mol. The summed E-state index contributed by atoms with van der Waals surface area (Å²) in [6.07, 6.45) is 4.94. The summed E-state index contributed by atoms with van der Waals surface area (Å²) in [6.45, 7) is 1.55. The minimum Gasteiger partial charge on any atom is -0.450 e. The van der Waals surface area contributed by atoms with Crippen molar-refractivity contribution in [1.29, 1.82) is 0 Å². The first kappa shape index (κ1) is 16.8. The fourth-order valence-corrected chi connectivity index (χ4v) is 2.74. The standard InChI is InChI=1S/C16H18BrN3O4/c17-13-5-3-12(24-13)4-6-14(21)19-7-9-20(10-8-19)16(23)15(22)18-11-1-2-11/h3-6,11H,1-2,7-10H2,(H,18,22)/b6-4+. The largest absolute Gasteiger partial charge is 0.450 e. The Hall–Kier alpha value is -2.09. The van der Waals surface area contributed by atoms with Crippen LogP contribution in [0.25, 0.3) is 6.08 Å². The van der Waals surface area contributed by atoms with Gasteiger partial charge in [-0.25, -0.2) is 0 Å². The van der Waals surface area contributed by atoms with Gasteiger partial charge in [0.15, 0.2) is 4.67 Å². The topological polar surface area (TPSA) is 82.9 Å². The Labute approximate surface area is 147 Å². The van der Waals surface area contributed by atoms with Gasteiger partial charge in [-0.2, -0.15) is 0 Å². The molecule has 1 saturated heterocycles. The Morgan fingerprint density at radius 2 is 1.79 bits per heavy atom. The SMILES string of the molecule is O=C(NC1CC1)C(=O)N1CCN(C(=O)/C=C/c2ccc(Br)o2)CC1. The first-order valence-electron chi connectivity index (χ1n) is 7.85. The fourth-order valence-electron chi connectivity index (χ4n) is 2.43. The summed E-state index contributed by atoms with van der Waals surface area (Å²) in [5, 5.41) is 2.69. The van der Waals surface area contributed by atoms with Gasteiger partial charge in [0.25, 0.3) is 0 Å². The maximum atomic E-state index is 12.1. The minimum atomic E-state index is -0.541. The van der Waals surface area contributed by atoms with Crippen LogP contribution in [0.4, 0.5) is 0 Å². The molecular weight excluding hydrogens is 378 g/mol. The molecule has 2 heterocycles. The molecule has 1 saturated carbocycles. The van der Waals surface area contributed by atoms with Crippen molar-refractivity contribution in [1.82, 2.24) is 15.1 Å². The normalized spacial score (nSPS) is 18.0. The van der Waals surface area contributed by atoms with Crippen LogP contribution in [0.1, 0.15) is 18.6 Å². The number of carbonyl (C=O) groups is 3. The highest BCUT2D eigenvalue weighted by atomic mass is 79.9. The monoisotopic (exact) mass is 395 g/mol. The molecule has 1 aromatic heterocycles. The van der Waals surface area contributed by atoms with Gasteiger partial charge in [-0.15, -0.1) is 0 Å². The van der Waals surface area contributed by atoms with Gasteiger partial charge in [0.2, 0.25) is 5.91 Å². The van der Waals surface area contributed by atoms with Crippen molar-refractivity contribution < 1.29 is 18.8 Å². The minimum absolute atomic E-state index is 0.142. The Morgan fingerprint density at radius 3 is 2.38 bits per heavy atom. The molecule has 0 bridgehead atoms. The van der Waals surface area contributed by atoms with Crippen molar-refractivity contribution in [2.45, 2.75) is 18.9 Å². The van der Waals surface area contributed by atoms with Crippen LogP contribution in [0.2, 0.25) is 0 Å². The molecule has 0 aromatic carbocycles. The molecule has 3 rings (SSSR count). The predicted octanol–water partition coefficient (Wildman–Crippen LogP) is 1.00. The van der Waals surface area contributed by atoms with E-state index in [-0.39, 0.29) is 11.9 Å². The van der Waals surface area contributed by atoms with Crippen LogP contribution in [-0.4, -0.2) is 59.7 Å². The molecule has 0 unspecified atom stereocenters. The molecule has 2 aliphatic rings. The molecule has 1 N–H and O–H groups in total. The molecule has 3 amide bonds. The van der Waals surface area contributed by atoms with E-state index in [1.54, 1.807) is 23.1 Å². The van der Waals surface area contributed by atoms with E-state index in [2.05, 4.69) is 21.2 Å². The lowest BCUT2D eigenvalue weighted by molar-refractivity contribution is -0.148. The molecule has 0 atom stereocenters. The zero-order valence-corrected chi connectivity index (χ0v) is 14.6. The summed E-state index contributed by atoms with van der Waals surface area (Å²) < 4.78 is 5.90. The number of halogens is 1. The van der Waals surface area contributed by atoms with Gasteiger partial charge in [-0.05, 0) is 47.0 Å². The lowest BCUT2D eigenvalue weighted by Gasteiger charge is -2.33. The molecule has 1 aliphatic heterocycles. The third kappa shape index (κ3) is 4.25. The van der Waals surface area contributed by atoms with Crippen LogP contribution in [0.5, 0.6) is 0 Å². The molecule has 1 aromatic rings. The summed E-state index contributed by atoms with van der Waals surface area (Å²) in [4.78, 5) is 39.1. The summed E-state index contributed by atoms with van der Waals surface area (Å²) >= 11 is 3.20. The van der Waals surface area contributed by atoms with E-state index in [1.165, 1.54) is 11.0 Å². The molecular formula is C16H18BrN3O4. The van der Waals surface area contributed by atoms with Crippen LogP contribution >= 0.6 is 15.9 Å². The van der Waals surface area contributed by atoms with Crippen molar-refractivity contribution in [2.75, 3.05) is 26.2 Å². The molecule has 1 aliphatic carbocycles. The highest BCUT2D eigenvalue weighted by Gasteiger charge is 2.31. The number of nitrogens with zero attached hydrogens (tertiary/aromatic N) is 2. The summed E-state index contributed by atoms with van der Waals surface area (Å²) in [5.41, 5.74) is 0. The van der Waals surface area contributed by atoms with E-state index in [1.807, 2.05) is 0 Å². The lowest BCUT2D eigenvalue weighted by atomic mass is 10.2. The van der Waals surface area contributed by atoms with Crippen molar-refractivity contribution in [3.63, 3.8) is 0 Å². The maximum Gasteiger partial charge on any atom is 0.312 e. The van der Waals surface area contributed by atoms with E-state index in [0.29, 0.717) is 36.6 Å². The first-order valence-corrected chi connectivity index (χ1v) is 8.64. The molecule has 0 spiro atoms. The Kier molecular flexibility index (Phi) is 5.03. The Balaban J connectivity index is 1.47. The number of hydrogen-bond acceptors (Lipinski definition) is 4. The number of piperazine rings is 1. The van der Waals surface area contributed by atoms with Crippen molar-refractivity contribution in [3.05, 3.63) is 28.6 Å². The van der Waals surface area contributed by atoms with Crippen molar-refractivity contribution in [2.24, 2.45) is 0 Å². The first-order chi connectivity index (χ1) is 11.5.